The number of sulfone groups is 1. The van der Waals surface area contributed by atoms with E-state index in [1.54, 1.807) is 0 Å². The first kappa shape index (κ1) is 19.4. The van der Waals surface area contributed by atoms with Crippen molar-refractivity contribution < 1.29 is 26.0 Å². The van der Waals surface area contributed by atoms with E-state index in [4.69, 9.17) is 9.15 Å². The van der Waals surface area contributed by atoms with Gasteiger partial charge in [-0.15, -0.1) is 0 Å². The molecule has 1 fully saturated rings. The summed E-state index contributed by atoms with van der Waals surface area (Å²) in [4.78, 5) is 0. The van der Waals surface area contributed by atoms with Crippen LogP contribution in [0.3, 0.4) is 0 Å². The normalized spacial score (nSPS) is 16.7. The topological polar surface area (TPSA) is 93.9 Å². The van der Waals surface area contributed by atoms with E-state index < -0.39 is 19.9 Å². The van der Waals surface area contributed by atoms with Crippen molar-refractivity contribution in [2.24, 2.45) is 0 Å². The average molecular weight is 380 g/mol. The van der Waals surface area contributed by atoms with Crippen molar-refractivity contribution in [2.45, 2.75) is 43.5 Å². The first-order valence-electron chi connectivity index (χ1n) is 8.22. The molecule has 7 nitrogen and oxygen atoms in total. The van der Waals surface area contributed by atoms with Crippen LogP contribution in [0.1, 0.15) is 38.4 Å². The molecule has 1 aliphatic heterocycles. The van der Waals surface area contributed by atoms with Gasteiger partial charge in [0.05, 0.1) is 12.4 Å². The molecule has 0 N–H and O–H groups in total. The quantitative estimate of drug-likeness (QED) is 0.575. The summed E-state index contributed by atoms with van der Waals surface area (Å²) in [5.41, 5.74) is 0. The first-order valence-corrected chi connectivity index (χ1v) is 11.5. The smallest absolute Gasteiger partial charge is 0.276 e. The van der Waals surface area contributed by atoms with Gasteiger partial charge < -0.3 is 9.15 Å². The highest BCUT2D eigenvalue weighted by molar-refractivity contribution is 7.90. The molecule has 0 unspecified atom stereocenters. The van der Waals surface area contributed by atoms with E-state index in [9.17, 15) is 16.8 Å². The number of rotatable bonds is 10. The Balaban J connectivity index is 1.93. The average Bonchev–Trinajstić information content (AvgIpc) is 3.18. The molecule has 1 saturated heterocycles. The molecule has 138 valence electrons. The molecule has 9 heteroatoms. The monoisotopic (exact) mass is 379 g/mol. The van der Waals surface area contributed by atoms with E-state index in [2.05, 4.69) is 0 Å². The van der Waals surface area contributed by atoms with Crippen molar-refractivity contribution in [3.05, 3.63) is 17.9 Å². The number of unbranched alkanes of at least 4 members (excludes halogenated alkanes) is 1. The third kappa shape index (κ3) is 5.30. The van der Waals surface area contributed by atoms with E-state index in [-0.39, 0.29) is 29.0 Å². The number of hydrogen-bond donors (Lipinski definition) is 0. The maximum Gasteiger partial charge on any atom is 0.276 e. The number of sulfonamides is 1. The summed E-state index contributed by atoms with van der Waals surface area (Å²) in [6.07, 6.45) is 3.56. The van der Waals surface area contributed by atoms with Crippen LogP contribution in [0, 0.1) is 0 Å². The van der Waals surface area contributed by atoms with Crippen molar-refractivity contribution in [1.82, 2.24) is 4.31 Å². The van der Waals surface area contributed by atoms with Crippen molar-refractivity contribution in [1.29, 1.82) is 0 Å². The molecule has 1 aromatic heterocycles. The van der Waals surface area contributed by atoms with Gasteiger partial charge in [-0.05, 0) is 31.4 Å². The minimum Gasteiger partial charge on any atom is -0.447 e. The third-order valence-corrected chi connectivity index (χ3v) is 7.13. The fraction of sp³-hybridized carbons (Fsp3) is 0.733. The van der Waals surface area contributed by atoms with Crippen LogP contribution in [0.15, 0.2) is 21.6 Å². The summed E-state index contributed by atoms with van der Waals surface area (Å²) >= 11 is 0. The zero-order valence-electron chi connectivity index (χ0n) is 13.9. The SMILES string of the molecule is CCCCOCCS(=O)(=O)Cc1ccc(S(=O)(=O)N2CCCC2)o1. The Morgan fingerprint density at radius 3 is 2.50 bits per heavy atom. The number of hydrogen-bond acceptors (Lipinski definition) is 6. The zero-order chi connectivity index (χ0) is 17.6. The van der Waals surface area contributed by atoms with Gasteiger partial charge in [-0.2, -0.15) is 4.31 Å². The molecule has 0 spiro atoms. The summed E-state index contributed by atoms with van der Waals surface area (Å²) < 4.78 is 60.7. The molecule has 1 aromatic rings. The lowest BCUT2D eigenvalue weighted by atomic mass is 10.4. The van der Waals surface area contributed by atoms with Gasteiger partial charge in [-0.25, -0.2) is 16.8 Å². The fourth-order valence-corrected chi connectivity index (χ4v) is 5.00. The van der Waals surface area contributed by atoms with Gasteiger partial charge in [0.2, 0.25) is 5.09 Å². The predicted octanol–water partition coefficient (Wildman–Crippen LogP) is 1.80. The second kappa shape index (κ2) is 8.46. The molecule has 1 aliphatic rings. The van der Waals surface area contributed by atoms with Crippen LogP contribution in [0.4, 0.5) is 0 Å². The minimum absolute atomic E-state index is 0.106. The van der Waals surface area contributed by atoms with Gasteiger partial charge in [-0.1, -0.05) is 13.3 Å². The van der Waals surface area contributed by atoms with E-state index in [1.807, 2.05) is 6.92 Å². The lowest BCUT2D eigenvalue weighted by Crippen LogP contribution is -2.27. The van der Waals surface area contributed by atoms with Crippen LogP contribution in [-0.2, 0) is 30.4 Å². The molecule has 0 aromatic carbocycles. The van der Waals surface area contributed by atoms with Crippen molar-refractivity contribution >= 4 is 19.9 Å². The van der Waals surface area contributed by atoms with E-state index in [0.29, 0.717) is 19.7 Å². The van der Waals surface area contributed by atoms with Crippen LogP contribution in [0.5, 0.6) is 0 Å². The second-order valence-corrected chi connectivity index (χ2v) is 9.94. The van der Waals surface area contributed by atoms with Crippen molar-refractivity contribution in [3.63, 3.8) is 0 Å². The predicted molar refractivity (Wildman–Crippen MR) is 89.9 cm³/mol. The number of ether oxygens (including phenoxy) is 1. The van der Waals surface area contributed by atoms with E-state index in [0.717, 1.165) is 25.7 Å². The number of furan rings is 1. The Bertz CT molecular complexity index is 717. The summed E-state index contributed by atoms with van der Waals surface area (Å²) in [7, 11) is -7.05. The maximum absolute atomic E-state index is 12.3. The summed E-state index contributed by atoms with van der Waals surface area (Å²) in [5.74, 6) is -0.285. The Morgan fingerprint density at radius 2 is 1.83 bits per heavy atom. The molecule has 2 rings (SSSR count). The Labute approximate surface area is 143 Å². The summed E-state index contributed by atoms with van der Waals surface area (Å²) in [5, 5.41) is -0.186. The van der Waals surface area contributed by atoms with Gasteiger partial charge in [0.1, 0.15) is 11.5 Å². The highest BCUT2D eigenvalue weighted by Gasteiger charge is 2.30. The van der Waals surface area contributed by atoms with Crippen molar-refractivity contribution in [2.75, 3.05) is 32.1 Å². The first-order chi connectivity index (χ1) is 11.3. The van der Waals surface area contributed by atoms with Gasteiger partial charge in [0.25, 0.3) is 10.0 Å². The van der Waals surface area contributed by atoms with Crippen LogP contribution in [0.2, 0.25) is 0 Å². The summed E-state index contributed by atoms with van der Waals surface area (Å²) in [6, 6.07) is 2.74. The lowest BCUT2D eigenvalue weighted by Gasteiger charge is -2.12. The largest absolute Gasteiger partial charge is 0.447 e. The molecule has 0 aliphatic carbocycles. The van der Waals surface area contributed by atoms with Crippen LogP contribution in [-0.4, -0.2) is 53.2 Å². The van der Waals surface area contributed by atoms with Crippen LogP contribution < -0.4 is 0 Å². The Kier molecular flexibility index (Phi) is 6.85. The van der Waals surface area contributed by atoms with Gasteiger partial charge in [-0.3, -0.25) is 0 Å². The van der Waals surface area contributed by atoms with Gasteiger partial charge in [0, 0.05) is 19.7 Å². The van der Waals surface area contributed by atoms with Crippen LogP contribution >= 0.6 is 0 Å². The van der Waals surface area contributed by atoms with Gasteiger partial charge >= 0.3 is 0 Å². The maximum atomic E-state index is 12.3. The molecular weight excluding hydrogens is 354 g/mol. The van der Waals surface area contributed by atoms with E-state index in [1.165, 1.54) is 16.4 Å². The van der Waals surface area contributed by atoms with Crippen LogP contribution in [0.25, 0.3) is 0 Å². The fourth-order valence-electron chi connectivity index (χ4n) is 2.45. The minimum atomic E-state index is -3.65. The standard InChI is InChI=1S/C15H25NO6S2/c1-2-3-10-21-11-12-23(17,18)13-14-6-7-15(22-14)24(19,20)16-8-4-5-9-16/h6-7H,2-5,8-13H2,1H3. The molecule has 0 amide bonds. The molecule has 0 atom stereocenters. The molecule has 0 bridgehead atoms. The molecule has 0 radical (unpaired) electrons. The zero-order valence-corrected chi connectivity index (χ0v) is 15.6. The lowest BCUT2D eigenvalue weighted by molar-refractivity contribution is 0.146. The van der Waals surface area contributed by atoms with E-state index >= 15 is 0 Å². The second-order valence-electron chi connectivity index (χ2n) is 5.89. The molecule has 24 heavy (non-hydrogen) atoms. The molecular formula is C15H25NO6S2. The Hall–Kier alpha value is -0.900. The highest BCUT2D eigenvalue weighted by Crippen LogP contribution is 2.23. The van der Waals surface area contributed by atoms with Gasteiger partial charge in [0.15, 0.2) is 9.84 Å². The molecule has 0 saturated carbocycles. The summed E-state index contributed by atoms with van der Waals surface area (Å²) in [6.45, 7) is 3.68. The molecule has 2 heterocycles. The Morgan fingerprint density at radius 1 is 1.12 bits per heavy atom. The highest BCUT2D eigenvalue weighted by atomic mass is 32.2. The number of nitrogens with zero attached hydrogens (tertiary/aromatic N) is 1. The third-order valence-electron chi connectivity index (χ3n) is 3.84. The van der Waals surface area contributed by atoms with Crippen molar-refractivity contribution in [3.8, 4) is 0 Å².